The van der Waals surface area contributed by atoms with E-state index in [0.29, 0.717) is 5.15 Å². The van der Waals surface area contributed by atoms with Gasteiger partial charge in [-0.05, 0) is 32.3 Å². The highest BCUT2D eigenvalue weighted by Crippen LogP contribution is 2.32. The average Bonchev–Trinajstić information content (AvgIpc) is 3.01. The molecular weight excluding hydrogens is 264 g/mol. The Morgan fingerprint density at radius 2 is 2.11 bits per heavy atom. The normalized spacial score (nSPS) is 23.4. The van der Waals surface area contributed by atoms with E-state index in [9.17, 15) is 0 Å². The number of nitrogens with zero attached hydrogens (tertiary/aromatic N) is 4. The van der Waals surface area contributed by atoms with Crippen molar-refractivity contribution in [3.8, 4) is 0 Å². The molecule has 1 fully saturated rings. The van der Waals surface area contributed by atoms with Gasteiger partial charge >= 0.3 is 0 Å². The molecule has 19 heavy (non-hydrogen) atoms. The number of aryl methyl sites for hydroxylation is 1. The van der Waals surface area contributed by atoms with E-state index >= 15 is 0 Å². The number of ether oxygens (including phenoxy) is 1. The van der Waals surface area contributed by atoms with Crippen molar-refractivity contribution in [1.82, 2.24) is 19.8 Å². The van der Waals surface area contributed by atoms with Crippen molar-refractivity contribution < 1.29 is 4.74 Å². The summed E-state index contributed by atoms with van der Waals surface area (Å²) in [5.41, 5.74) is 2.78. The zero-order valence-corrected chi connectivity index (χ0v) is 12.1. The van der Waals surface area contributed by atoms with Gasteiger partial charge in [-0.15, -0.1) is 10.2 Å². The molecule has 1 aliphatic rings. The molecule has 6 heteroatoms. The molecular formula is C13H17ClN4O. The Hall–Kier alpha value is -1.20. The highest BCUT2D eigenvalue weighted by atomic mass is 35.5. The summed E-state index contributed by atoms with van der Waals surface area (Å²) in [6.45, 7) is 6.85. The minimum Gasteiger partial charge on any atom is -0.377 e. The van der Waals surface area contributed by atoms with Crippen LogP contribution in [0.4, 0.5) is 0 Å². The minimum atomic E-state index is 0.203. The molecule has 0 aromatic carbocycles. The van der Waals surface area contributed by atoms with Crippen molar-refractivity contribution in [3.63, 3.8) is 0 Å². The molecule has 0 amide bonds. The van der Waals surface area contributed by atoms with Gasteiger partial charge in [0.15, 0.2) is 16.6 Å². The largest absolute Gasteiger partial charge is 0.377 e. The van der Waals surface area contributed by atoms with Crippen LogP contribution in [0.5, 0.6) is 0 Å². The smallest absolute Gasteiger partial charge is 0.181 e. The van der Waals surface area contributed by atoms with Crippen molar-refractivity contribution in [2.75, 3.05) is 6.61 Å². The van der Waals surface area contributed by atoms with E-state index in [4.69, 9.17) is 16.3 Å². The van der Waals surface area contributed by atoms with Gasteiger partial charge in [0.2, 0.25) is 0 Å². The van der Waals surface area contributed by atoms with E-state index < -0.39 is 0 Å². The number of halogens is 1. The standard InChI is InChI=1S/C13H17ClN4O/c1-4-10-9(5-6-19-10)13-16-15-12-8(3)7(2)11(14)17-18(12)13/h9-10H,4-6H2,1-3H3. The zero-order chi connectivity index (χ0) is 13.6. The quantitative estimate of drug-likeness (QED) is 0.849. The number of hydrogen-bond donors (Lipinski definition) is 0. The summed E-state index contributed by atoms with van der Waals surface area (Å²) < 4.78 is 7.51. The third-order valence-electron chi connectivity index (χ3n) is 4.00. The molecule has 1 saturated heterocycles. The molecule has 2 aromatic rings. The molecule has 1 aliphatic heterocycles. The number of hydrogen-bond acceptors (Lipinski definition) is 4. The van der Waals surface area contributed by atoms with E-state index in [1.807, 2.05) is 13.8 Å². The van der Waals surface area contributed by atoms with Gasteiger partial charge in [-0.2, -0.15) is 9.61 Å². The number of aromatic nitrogens is 4. The van der Waals surface area contributed by atoms with Crippen LogP contribution in [-0.4, -0.2) is 32.5 Å². The fourth-order valence-electron chi connectivity index (χ4n) is 2.69. The summed E-state index contributed by atoms with van der Waals surface area (Å²) in [5.74, 6) is 1.12. The first-order chi connectivity index (χ1) is 9.13. The molecule has 0 radical (unpaired) electrons. The van der Waals surface area contributed by atoms with Gasteiger partial charge in [0.25, 0.3) is 0 Å². The van der Waals surface area contributed by atoms with Gasteiger partial charge in [-0.1, -0.05) is 18.5 Å². The van der Waals surface area contributed by atoms with E-state index in [2.05, 4.69) is 22.2 Å². The Kier molecular flexibility index (Phi) is 3.19. The summed E-state index contributed by atoms with van der Waals surface area (Å²) in [6.07, 6.45) is 2.14. The maximum absolute atomic E-state index is 6.18. The van der Waals surface area contributed by atoms with Crippen LogP contribution in [0.25, 0.3) is 5.65 Å². The van der Waals surface area contributed by atoms with Crippen molar-refractivity contribution in [1.29, 1.82) is 0 Å². The lowest BCUT2D eigenvalue weighted by Crippen LogP contribution is -2.16. The maximum atomic E-state index is 6.18. The van der Waals surface area contributed by atoms with E-state index in [-0.39, 0.29) is 12.0 Å². The van der Waals surface area contributed by atoms with Crippen molar-refractivity contribution in [2.45, 2.75) is 45.6 Å². The second-order valence-electron chi connectivity index (χ2n) is 5.05. The number of rotatable bonds is 2. The summed E-state index contributed by atoms with van der Waals surface area (Å²) in [5, 5.41) is 13.5. The zero-order valence-electron chi connectivity index (χ0n) is 11.4. The first-order valence-electron chi connectivity index (χ1n) is 6.63. The second kappa shape index (κ2) is 4.72. The molecule has 2 aromatic heterocycles. The first kappa shape index (κ1) is 12.8. The summed E-state index contributed by atoms with van der Waals surface area (Å²) >= 11 is 6.18. The highest BCUT2D eigenvalue weighted by molar-refractivity contribution is 6.30. The lowest BCUT2D eigenvalue weighted by molar-refractivity contribution is 0.0991. The van der Waals surface area contributed by atoms with Gasteiger partial charge in [-0.3, -0.25) is 0 Å². The van der Waals surface area contributed by atoms with Crippen LogP contribution in [0.2, 0.25) is 5.15 Å². The summed E-state index contributed by atoms with van der Waals surface area (Å²) in [7, 11) is 0. The fourth-order valence-corrected chi connectivity index (χ4v) is 2.90. The van der Waals surface area contributed by atoms with Crippen LogP contribution < -0.4 is 0 Å². The first-order valence-corrected chi connectivity index (χ1v) is 7.00. The molecule has 0 spiro atoms. The molecule has 0 N–H and O–H groups in total. The van der Waals surface area contributed by atoms with Gasteiger partial charge in [-0.25, -0.2) is 0 Å². The Labute approximate surface area is 116 Å². The minimum absolute atomic E-state index is 0.203. The predicted molar refractivity (Wildman–Crippen MR) is 72.7 cm³/mol. The van der Waals surface area contributed by atoms with Crippen molar-refractivity contribution in [2.24, 2.45) is 0 Å². The second-order valence-corrected chi connectivity index (χ2v) is 5.41. The van der Waals surface area contributed by atoms with E-state index in [1.54, 1.807) is 4.52 Å². The molecule has 2 unspecified atom stereocenters. The predicted octanol–water partition coefficient (Wildman–Crippen LogP) is 2.68. The summed E-state index contributed by atoms with van der Waals surface area (Å²) in [4.78, 5) is 0. The fraction of sp³-hybridized carbons (Fsp3) is 0.615. The van der Waals surface area contributed by atoms with Crippen molar-refractivity contribution >= 4 is 17.2 Å². The molecule has 0 aliphatic carbocycles. The van der Waals surface area contributed by atoms with Crippen LogP contribution in [0.3, 0.4) is 0 Å². The SMILES string of the molecule is CCC1OCCC1c1nnc2c(C)c(C)c(Cl)nn12. The van der Waals surface area contributed by atoms with Crippen LogP contribution in [0.1, 0.15) is 42.6 Å². The van der Waals surface area contributed by atoms with Crippen LogP contribution in [0, 0.1) is 13.8 Å². The molecule has 102 valence electrons. The molecule has 3 rings (SSSR count). The van der Waals surface area contributed by atoms with Gasteiger partial charge in [0, 0.05) is 18.1 Å². The van der Waals surface area contributed by atoms with Gasteiger partial charge < -0.3 is 4.74 Å². The lowest BCUT2D eigenvalue weighted by atomic mass is 9.99. The topological polar surface area (TPSA) is 52.3 Å². The van der Waals surface area contributed by atoms with Crippen LogP contribution >= 0.6 is 11.6 Å². The van der Waals surface area contributed by atoms with Gasteiger partial charge in [0.1, 0.15) is 0 Å². The maximum Gasteiger partial charge on any atom is 0.181 e. The van der Waals surface area contributed by atoms with Crippen molar-refractivity contribution in [3.05, 3.63) is 22.1 Å². The molecule has 0 bridgehead atoms. The highest BCUT2D eigenvalue weighted by Gasteiger charge is 2.32. The monoisotopic (exact) mass is 280 g/mol. The average molecular weight is 281 g/mol. The molecule has 2 atom stereocenters. The third kappa shape index (κ3) is 1.92. The molecule has 5 nitrogen and oxygen atoms in total. The Morgan fingerprint density at radius 1 is 1.32 bits per heavy atom. The van der Waals surface area contributed by atoms with Crippen LogP contribution in [-0.2, 0) is 4.74 Å². The summed E-state index contributed by atoms with van der Waals surface area (Å²) in [6, 6.07) is 0. The lowest BCUT2D eigenvalue weighted by Gasteiger charge is -2.14. The van der Waals surface area contributed by atoms with E-state index in [0.717, 1.165) is 42.0 Å². The van der Waals surface area contributed by atoms with Gasteiger partial charge in [0.05, 0.1) is 6.10 Å². The third-order valence-corrected chi connectivity index (χ3v) is 4.36. The van der Waals surface area contributed by atoms with Crippen LogP contribution in [0.15, 0.2) is 0 Å². The number of fused-ring (bicyclic) bond motifs is 1. The Bertz CT molecular complexity index is 625. The Balaban J connectivity index is 2.15. The van der Waals surface area contributed by atoms with E-state index in [1.165, 1.54) is 0 Å². The molecule has 3 heterocycles. The Morgan fingerprint density at radius 3 is 2.84 bits per heavy atom. The molecule has 0 saturated carbocycles.